The quantitative estimate of drug-likeness (QED) is 0.720. The number of rotatable bonds is 4. The molecule has 0 aromatic carbocycles. The maximum atomic E-state index is 9.55. The summed E-state index contributed by atoms with van der Waals surface area (Å²) < 4.78 is 0.831. The highest BCUT2D eigenvalue weighted by Gasteiger charge is 2.35. The first-order valence-electron chi connectivity index (χ1n) is 6.83. The van der Waals surface area contributed by atoms with Crippen LogP contribution < -0.4 is 0 Å². The van der Waals surface area contributed by atoms with Gasteiger partial charge in [-0.2, -0.15) is 5.26 Å². The van der Waals surface area contributed by atoms with E-state index in [1.165, 1.54) is 30.6 Å². The zero-order chi connectivity index (χ0) is 13.0. The normalized spacial score (nSPS) is 27.9. The van der Waals surface area contributed by atoms with E-state index in [-0.39, 0.29) is 5.41 Å². The van der Waals surface area contributed by atoms with Crippen LogP contribution in [0.3, 0.4) is 0 Å². The summed E-state index contributed by atoms with van der Waals surface area (Å²) in [5.41, 5.74) is -0.127. The van der Waals surface area contributed by atoms with Crippen molar-refractivity contribution in [1.29, 1.82) is 5.26 Å². The van der Waals surface area contributed by atoms with Crippen LogP contribution in [0.4, 0.5) is 0 Å². The van der Waals surface area contributed by atoms with Crippen LogP contribution in [-0.4, -0.2) is 0 Å². The fraction of sp³-hybridized carbons (Fsp3) is 0.667. The largest absolute Gasteiger partial charge is 0.198 e. The van der Waals surface area contributed by atoms with Crippen molar-refractivity contribution in [1.82, 2.24) is 0 Å². The first-order valence-corrected chi connectivity index (χ1v) is 8.02. The lowest BCUT2D eigenvalue weighted by Gasteiger charge is -2.34. The van der Waals surface area contributed by atoms with E-state index in [1.807, 2.05) is 6.07 Å². The molecular weight excluding hydrogens is 262 g/mol. The molecule has 1 aliphatic carbocycles. The molecule has 98 valence electrons. The third kappa shape index (κ3) is 3.28. The summed E-state index contributed by atoms with van der Waals surface area (Å²) in [7, 11) is 0. The van der Waals surface area contributed by atoms with Gasteiger partial charge in [-0.15, -0.1) is 11.3 Å². The van der Waals surface area contributed by atoms with Gasteiger partial charge in [-0.05, 0) is 43.7 Å². The Kier molecular flexibility index (Phi) is 4.70. The van der Waals surface area contributed by atoms with E-state index < -0.39 is 0 Å². The number of thiophene rings is 1. The Morgan fingerprint density at radius 2 is 2.17 bits per heavy atom. The summed E-state index contributed by atoms with van der Waals surface area (Å²) in [6, 6.07) is 6.61. The lowest BCUT2D eigenvalue weighted by molar-refractivity contribution is 0.201. The fourth-order valence-electron chi connectivity index (χ4n) is 3.04. The summed E-state index contributed by atoms with van der Waals surface area (Å²) in [5, 5.41) is 9.55. The van der Waals surface area contributed by atoms with Crippen LogP contribution in [0.25, 0.3) is 0 Å². The number of hydrogen-bond acceptors (Lipinski definition) is 2. The molecule has 18 heavy (non-hydrogen) atoms. The molecule has 0 bridgehead atoms. The predicted octanol–water partition coefficient (Wildman–Crippen LogP) is 5.44. The third-order valence-corrected chi connectivity index (χ3v) is 5.37. The van der Waals surface area contributed by atoms with Crippen LogP contribution in [0, 0.1) is 22.7 Å². The van der Waals surface area contributed by atoms with Crippen LogP contribution in [0.1, 0.15) is 50.3 Å². The Labute approximate surface area is 119 Å². The second kappa shape index (κ2) is 6.08. The van der Waals surface area contributed by atoms with Crippen molar-refractivity contribution in [2.75, 3.05) is 0 Å². The molecular formula is C15H20ClNS. The average molecular weight is 282 g/mol. The molecule has 0 spiro atoms. The fourth-order valence-corrected chi connectivity index (χ4v) is 4.27. The highest BCUT2D eigenvalue weighted by Crippen LogP contribution is 2.43. The monoisotopic (exact) mass is 281 g/mol. The molecule has 3 heteroatoms. The van der Waals surface area contributed by atoms with Crippen LogP contribution in [0.15, 0.2) is 12.1 Å². The predicted molar refractivity (Wildman–Crippen MR) is 77.9 cm³/mol. The second-order valence-corrected chi connectivity index (χ2v) is 7.31. The van der Waals surface area contributed by atoms with Gasteiger partial charge in [0.25, 0.3) is 0 Å². The van der Waals surface area contributed by atoms with Gasteiger partial charge in [-0.25, -0.2) is 0 Å². The molecule has 0 radical (unpaired) electrons. The van der Waals surface area contributed by atoms with Crippen molar-refractivity contribution < 1.29 is 0 Å². The molecule has 1 aromatic rings. The zero-order valence-corrected chi connectivity index (χ0v) is 12.5. The molecule has 1 nitrogen and oxygen atoms in total. The van der Waals surface area contributed by atoms with E-state index in [1.54, 1.807) is 11.3 Å². The minimum Gasteiger partial charge on any atom is -0.198 e. The van der Waals surface area contributed by atoms with E-state index in [0.717, 1.165) is 29.5 Å². The first kappa shape index (κ1) is 13.9. The SMILES string of the molecule is CCCC1CCC(C#N)(Cc2ccc(Cl)s2)CC1. The summed E-state index contributed by atoms with van der Waals surface area (Å²) in [5.74, 6) is 0.850. The summed E-state index contributed by atoms with van der Waals surface area (Å²) in [6.07, 6.45) is 8.05. The van der Waals surface area contributed by atoms with Crippen molar-refractivity contribution in [3.63, 3.8) is 0 Å². The van der Waals surface area contributed by atoms with Crippen molar-refractivity contribution >= 4 is 22.9 Å². The molecule has 1 fully saturated rings. The summed E-state index contributed by atoms with van der Waals surface area (Å²) in [4.78, 5) is 1.26. The van der Waals surface area contributed by atoms with Gasteiger partial charge >= 0.3 is 0 Å². The van der Waals surface area contributed by atoms with Crippen LogP contribution in [-0.2, 0) is 6.42 Å². The van der Waals surface area contributed by atoms with E-state index in [0.29, 0.717) is 0 Å². The van der Waals surface area contributed by atoms with Crippen LogP contribution >= 0.6 is 22.9 Å². The molecule has 1 aromatic heterocycles. The van der Waals surface area contributed by atoms with Gasteiger partial charge in [-0.1, -0.05) is 31.4 Å². The number of nitrogens with zero attached hydrogens (tertiary/aromatic N) is 1. The molecule has 1 saturated carbocycles. The molecule has 0 aliphatic heterocycles. The Hall–Kier alpha value is -0.520. The van der Waals surface area contributed by atoms with Gasteiger partial charge in [0, 0.05) is 11.3 Å². The molecule has 0 amide bonds. The smallest absolute Gasteiger partial charge is 0.0931 e. The Bertz CT molecular complexity index is 424. The van der Waals surface area contributed by atoms with Gasteiger partial charge in [0.2, 0.25) is 0 Å². The lowest BCUT2D eigenvalue weighted by Crippen LogP contribution is -2.28. The van der Waals surface area contributed by atoms with Crippen molar-refractivity contribution in [2.45, 2.75) is 51.9 Å². The number of halogens is 1. The average Bonchev–Trinajstić information content (AvgIpc) is 2.78. The van der Waals surface area contributed by atoms with E-state index in [2.05, 4.69) is 19.1 Å². The highest BCUT2D eigenvalue weighted by molar-refractivity contribution is 7.16. The molecule has 1 aliphatic rings. The second-order valence-electron chi connectivity index (χ2n) is 5.51. The Morgan fingerprint density at radius 3 is 2.67 bits per heavy atom. The van der Waals surface area contributed by atoms with Crippen molar-refractivity contribution in [3.8, 4) is 6.07 Å². The summed E-state index contributed by atoms with van der Waals surface area (Å²) in [6.45, 7) is 2.25. The van der Waals surface area contributed by atoms with Crippen molar-refractivity contribution in [2.24, 2.45) is 11.3 Å². The number of hydrogen-bond donors (Lipinski definition) is 0. The summed E-state index contributed by atoms with van der Waals surface area (Å²) >= 11 is 7.59. The minimum atomic E-state index is -0.127. The standard InChI is InChI=1S/C15H20ClNS/c1-2-3-12-6-8-15(11-17,9-7-12)10-13-4-5-14(16)18-13/h4-5,12H,2-3,6-10H2,1H3. The topological polar surface area (TPSA) is 23.8 Å². The Morgan fingerprint density at radius 1 is 1.44 bits per heavy atom. The molecule has 0 atom stereocenters. The van der Waals surface area contributed by atoms with E-state index >= 15 is 0 Å². The zero-order valence-electron chi connectivity index (χ0n) is 10.9. The van der Waals surface area contributed by atoms with Gasteiger partial charge in [0.05, 0.1) is 15.8 Å². The molecule has 0 unspecified atom stereocenters. The number of nitriles is 1. The van der Waals surface area contributed by atoms with Crippen molar-refractivity contribution in [3.05, 3.63) is 21.3 Å². The molecule has 0 N–H and O–H groups in total. The van der Waals surface area contributed by atoms with Gasteiger partial charge in [0.1, 0.15) is 0 Å². The maximum absolute atomic E-state index is 9.55. The van der Waals surface area contributed by atoms with E-state index in [4.69, 9.17) is 11.6 Å². The third-order valence-electron chi connectivity index (χ3n) is 4.14. The molecule has 1 heterocycles. The highest BCUT2D eigenvalue weighted by atomic mass is 35.5. The molecule has 0 saturated heterocycles. The van der Waals surface area contributed by atoms with Crippen LogP contribution in [0.5, 0.6) is 0 Å². The van der Waals surface area contributed by atoms with E-state index in [9.17, 15) is 5.26 Å². The minimum absolute atomic E-state index is 0.127. The lowest BCUT2D eigenvalue weighted by atomic mass is 9.68. The maximum Gasteiger partial charge on any atom is 0.0931 e. The van der Waals surface area contributed by atoms with Gasteiger partial charge in [0.15, 0.2) is 0 Å². The van der Waals surface area contributed by atoms with Gasteiger partial charge in [-0.3, -0.25) is 0 Å². The van der Waals surface area contributed by atoms with Crippen LogP contribution in [0.2, 0.25) is 4.34 Å². The first-order chi connectivity index (χ1) is 8.67. The van der Waals surface area contributed by atoms with Gasteiger partial charge < -0.3 is 0 Å². The molecule has 2 rings (SSSR count). The Balaban J connectivity index is 1.99.